The van der Waals surface area contributed by atoms with Crippen molar-refractivity contribution in [3.8, 4) is 0 Å². The zero-order chi connectivity index (χ0) is 9.30. The summed E-state index contributed by atoms with van der Waals surface area (Å²) in [5.74, 6) is -1.55. The van der Waals surface area contributed by atoms with Gasteiger partial charge in [-0.25, -0.2) is 4.79 Å². The molecule has 6 heteroatoms. The van der Waals surface area contributed by atoms with Crippen molar-refractivity contribution in [2.75, 3.05) is 5.75 Å². The number of hydrogen-bond donors (Lipinski definition) is 1. The Kier molecular flexibility index (Phi) is 2.37. The molecule has 1 N–H and O–H groups in total. The van der Waals surface area contributed by atoms with E-state index >= 15 is 0 Å². The number of rotatable bonds is 2. The van der Waals surface area contributed by atoms with Crippen LogP contribution >= 0.6 is 11.8 Å². The quantitative estimate of drug-likeness (QED) is 0.669. The standard InChI is InChI=1S/C6H7NO4S/c1-3(5(9)10)7-4(8)2-12-6(7)11/h3H,2H2,1H3,(H,9,10)/t3-/m1/s1. The Labute approximate surface area is 72.7 Å². The fourth-order valence-electron chi connectivity index (χ4n) is 0.849. The van der Waals surface area contributed by atoms with Gasteiger partial charge in [0.1, 0.15) is 6.04 Å². The number of carboxylic acid groups (broad SMARTS) is 1. The lowest BCUT2D eigenvalue weighted by Gasteiger charge is -2.16. The summed E-state index contributed by atoms with van der Waals surface area (Å²) < 4.78 is 0. The average molecular weight is 189 g/mol. The van der Waals surface area contributed by atoms with Crippen molar-refractivity contribution in [1.82, 2.24) is 4.90 Å². The van der Waals surface area contributed by atoms with Gasteiger partial charge < -0.3 is 5.11 Å². The molecule has 5 nitrogen and oxygen atoms in total. The molecule has 0 unspecified atom stereocenters. The third-order valence-corrected chi connectivity index (χ3v) is 2.36. The number of carbonyl (C=O) groups is 3. The van der Waals surface area contributed by atoms with Crippen molar-refractivity contribution in [1.29, 1.82) is 0 Å². The van der Waals surface area contributed by atoms with Gasteiger partial charge in [-0.15, -0.1) is 0 Å². The van der Waals surface area contributed by atoms with E-state index in [1.807, 2.05) is 0 Å². The van der Waals surface area contributed by atoms with Crippen LogP contribution in [0.1, 0.15) is 6.92 Å². The summed E-state index contributed by atoms with van der Waals surface area (Å²) in [6.45, 7) is 1.31. The molecule has 0 aromatic rings. The first kappa shape index (κ1) is 9.05. The highest BCUT2D eigenvalue weighted by atomic mass is 32.2. The monoisotopic (exact) mass is 189 g/mol. The molecular weight excluding hydrogens is 182 g/mol. The predicted octanol–water partition coefficient (Wildman–Crippen LogP) is 0.155. The fraction of sp³-hybridized carbons (Fsp3) is 0.500. The normalized spacial score (nSPS) is 19.9. The van der Waals surface area contributed by atoms with Crippen molar-refractivity contribution in [3.63, 3.8) is 0 Å². The van der Waals surface area contributed by atoms with Crippen molar-refractivity contribution < 1.29 is 19.5 Å². The molecule has 1 aliphatic heterocycles. The van der Waals surface area contributed by atoms with E-state index in [0.29, 0.717) is 0 Å². The highest BCUT2D eigenvalue weighted by Gasteiger charge is 2.36. The van der Waals surface area contributed by atoms with E-state index in [4.69, 9.17) is 5.11 Å². The SMILES string of the molecule is C[C@H](C(=O)O)N1C(=O)CSC1=O. The number of thioether (sulfide) groups is 1. The number of hydrogen-bond acceptors (Lipinski definition) is 4. The van der Waals surface area contributed by atoms with Crippen LogP contribution in [0.25, 0.3) is 0 Å². The van der Waals surface area contributed by atoms with Gasteiger partial charge in [0, 0.05) is 0 Å². The molecule has 2 amide bonds. The highest BCUT2D eigenvalue weighted by Crippen LogP contribution is 2.21. The predicted molar refractivity (Wildman–Crippen MR) is 41.8 cm³/mol. The topological polar surface area (TPSA) is 74.7 Å². The van der Waals surface area contributed by atoms with Crippen LogP contribution in [0, 0.1) is 0 Å². The van der Waals surface area contributed by atoms with Crippen LogP contribution in [0.15, 0.2) is 0 Å². The Bertz CT molecular complexity index is 236. The summed E-state index contributed by atoms with van der Waals surface area (Å²) in [5, 5.41) is 8.05. The lowest BCUT2D eigenvalue weighted by Crippen LogP contribution is -2.41. The van der Waals surface area contributed by atoms with Crippen molar-refractivity contribution in [3.05, 3.63) is 0 Å². The number of aliphatic carboxylic acids is 1. The molecule has 1 aliphatic rings. The van der Waals surface area contributed by atoms with Crippen LogP contribution in [0.3, 0.4) is 0 Å². The Morgan fingerprint density at radius 1 is 1.67 bits per heavy atom. The second kappa shape index (κ2) is 3.14. The van der Waals surface area contributed by atoms with Gasteiger partial charge in [-0.1, -0.05) is 11.8 Å². The smallest absolute Gasteiger partial charge is 0.326 e. The molecular formula is C6H7NO4S. The zero-order valence-electron chi connectivity index (χ0n) is 6.31. The van der Waals surface area contributed by atoms with Crippen LogP contribution in [0.2, 0.25) is 0 Å². The third kappa shape index (κ3) is 1.42. The average Bonchev–Trinajstić information content (AvgIpc) is 2.30. The number of carbonyl (C=O) groups excluding carboxylic acids is 2. The van der Waals surface area contributed by atoms with Gasteiger partial charge in [-0.2, -0.15) is 0 Å². The minimum absolute atomic E-state index is 0.0520. The molecule has 1 fully saturated rings. The molecule has 0 aromatic heterocycles. The molecule has 12 heavy (non-hydrogen) atoms. The molecule has 0 aliphatic carbocycles. The van der Waals surface area contributed by atoms with E-state index in [1.165, 1.54) is 6.92 Å². The largest absolute Gasteiger partial charge is 0.480 e. The van der Waals surface area contributed by atoms with Gasteiger partial charge in [0.25, 0.3) is 5.24 Å². The molecule has 66 valence electrons. The lowest BCUT2D eigenvalue weighted by atomic mass is 10.3. The summed E-state index contributed by atoms with van der Waals surface area (Å²) in [6, 6.07) is -1.06. The maximum Gasteiger partial charge on any atom is 0.326 e. The molecule has 0 bridgehead atoms. The van der Waals surface area contributed by atoms with Crippen molar-refractivity contribution in [2.24, 2.45) is 0 Å². The van der Waals surface area contributed by atoms with Crippen LogP contribution < -0.4 is 0 Å². The number of carboxylic acids is 1. The Hall–Kier alpha value is -1.04. The second-order valence-electron chi connectivity index (χ2n) is 2.33. The zero-order valence-corrected chi connectivity index (χ0v) is 7.13. The van der Waals surface area contributed by atoms with Gasteiger partial charge in [0.2, 0.25) is 5.91 Å². The van der Waals surface area contributed by atoms with Gasteiger partial charge in [0.15, 0.2) is 0 Å². The number of imide groups is 1. The van der Waals surface area contributed by atoms with Crippen molar-refractivity contribution in [2.45, 2.75) is 13.0 Å². The summed E-state index contributed by atoms with van der Waals surface area (Å²) in [7, 11) is 0. The Balaban J connectivity index is 2.79. The lowest BCUT2D eigenvalue weighted by molar-refractivity contribution is -0.145. The molecule has 1 heterocycles. The minimum atomic E-state index is -1.17. The van der Waals surface area contributed by atoms with Gasteiger partial charge in [-0.3, -0.25) is 14.5 Å². The summed E-state index contributed by atoms with van der Waals surface area (Å²) in [6.07, 6.45) is 0. The van der Waals surface area contributed by atoms with Crippen LogP contribution in [0.4, 0.5) is 4.79 Å². The van der Waals surface area contributed by atoms with Crippen LogP contribution in [0.5, 0.6) is 0 Å². The minimum Gasteiger partial charge on any atom is -0.480 e. The molecule has 0 radical (unpaired) electrons. The van der Waals surface area contributed by atoms with E-state index in [-0.39, 0.29) is 5.75 Å². The number of amides is 2. The molecule has 1 rings (SSSR count). The Morgan fingerprint density at radius 2 is 2.25 bits per heavy atom. The van der Waals surface area contributed by atoms with E-state index in [2.05, 4.69) is 0 Å². The summed E-state index contributed by atoms with van der Waals surface area (Å²) in [4.78, 5) is 33.1. The van der Waals surface area contributed by atoms with Gasteiger partial charge in [0.05, 0.1) is 5.75 Å². The fourth-order valence-corrected chi connectivity index (χ4v) is 1.63. The third-order valence-electron chi connectivity index (χ3n) is 1.53. The second-order valence-corrected chi connectivity index (χ2v) is 3.26. The molecule has 0 spiro atoms. The first-order valence-electron chi connectivity index (χ1n) is 3.25. The van der Waals surface area contributed by atoms with E-state index < -0.39 is 23.2 Å². The van der Waals surface area contributed by atoms with Crippen LogP contribution in [-0.2, 0) is 9.59 Å². The molecule has 0 aromatic carbocycles. The number of nitrogens with zero attached hydrogens (tertiary/aromatic N) is 1. The maximum atomic E-state index is 11.0. The molecule has 1 atom stereocenters. The van der Waals surface area contributed by atoms with Gasteiger partial charge in [-0.05, 0) is 6.92 Å². The molecule has 0 saturated carbocycles. The molecule has 1 saturated heterocycles. The first-order chi connectivity index (χ1) is 5.54. The van der Waals surface area contributed by atoms with E-state index in [1.54, 1.807) is 0 Å². The van der Waals surface area contributed by atoms with Crippen LogP contribution in [-0.4, -0.2) is 38.9 Å². The highest BCUT2D eigenvalue weighted by molar-refractivity contribution is 8.14. The van der Waals surface area contributed by atoms with Gasteiger partial charge >= 0.3 is 5.97 Å². The first-order valence-corrected chi connectivity index (χ1v) is 4.24. The van der Waals surface area contributed by atoms with E-state index in [0.717, 1.165) is 16.7 Å². The maximum absolute atomic E-state index is 11.0. The summed E-state index contributed by atoms with van der Waals surface area (Å²) in [5.41, 5.74) is 0. The van der Waals surface area contributed by atoms with E-state index in [9.17, 15) is 14.4 Å². The summed E-state index contributed by atoms with van der Waals surface area (Å²) >= 11 is 0.833. The Morgan fingerprint density at radius 3 is 2.58 bits per heavy atom. The van der Waals surface area contributed by atoms with Crippen molar-refractivity contribution >= 4 is 28.9 Å².